The highest BCUT2D eigenvalue weighted by atomic mass is 35.5. The molecule has 1 aromatic carbocycles. The molecule has 0 bridgehead atoms. The third-order valence-corrected chi connectivity index (χ3v) is 3.14. The average molecular weight is 264 g/mol. The number of nitrogen functional groups attached to an aromatic ring is 1. The summed E-state index contributed by atoms with van der Waals surface area (Å²) in [6.45, 7) is 6.36. The second-order valence-corrected chi connectivity index (χ2v) is 5.93. The van der Waals surface area contributed by atoms with Crippen LogP contribution in [0.3, 0.4) is 0 Å². The quantitative estimate of drug-likeness (QED) is 0.854. The van der Waals surface area contributed by atoms with E-state index in [0.29, 0.717) is 10.8 Å². The molecule has 0 saturated heterocycles. The monoisotopic (exact) mass is 263 g/mol. The van der Waals surface area contributed by atoms with Gasteiger partial charge in [0.1, 0.15) is 17.3 Å². The minimum absolute atomic E-state index is 0.0420. The van der Waals surface area contributed by atoms with Crippen molar-refractivity contribution >= 4 is 17.4 Å². The highest BCUT2D eigenvalue weighted by Gasteiger charge is 2.23. The second kappa shape index (κ2) is 4.32. The predicted octanol–water partition coefficient (Wildman–Crippen LogP) is 3.62. The predicted molar refractivity (Wildman–Crippen MR) is 76.8 cm³/mol. The maximum absolute atomic E-state index is 6.14. The number of hydrogen-bond donors (Lipinski definition) is 1. The molecule has 18 heavy (non-hydrogen) atoms. The lowest BCUT2D eigenvalue weighted by molar-refractivity contribution is 0.524. The molecule has 0 amide bonds. The molecule has 0 fully saturated rings. The van der Waals surface area contributed by atoms with E-state index >= 15 is 0 Å². The first-order valence-corrected chi connectivity index (χ1v) is 6.27. The lowest BCUT2D eigenvalue weighted by atomic mass is 9.96. The van der Waals surface area contributed by atoms with E-state index in [2.05, 4.69) is 25.8 Å². The van der Waals surface area contributed by atoms with Crippen LogP contribution in [0.15, 0.2) is 24.3 Å². The molecule has 1 heterocycles. The summed E-state index contributed by atoms with van der Waals surface area (Å²) in [5.41, 5.74) is 7.84. The molecule has 0 atom stereocenters. The molecule has 0 radical (unpaired) electrons. The molecule has 0 spiro atoms. The van der Waals surface area contributed by atoms with Crippen molar-refractivity contribution in [2.75, 3.05) is 5.73 Å². The molecule has 3 nitrogen and oxygen atoms in total. The number of anilines is 1. The van der Waals surface area contributed by atoms with Gasteiger partial charge in [0.15, 0.2) is 0 Å². The standard InChI is InChI=1S/C14H18ClN3/c1-14(2,3)13-17-11(12(16)18(13)4)9-6-5-7-10(15)8-9/h5-8H,16H2,1-4H3. The number of imidazole rings is 1. The van der Waals surface area contributed by atoms with Crippen LogP contribution in [-0.4, -0.2) is 9.55 Å². The minimum Gasteiger partial charge on any atom is -0.383 e. The summed E-state index contributed by atoms with van der Waals surface area (Å²) in [7, 11) is 1.94. The number of hydrogen-bond acceptors (Lipinski definition) is 2. The van der Waals surface area contributed by atoms with E-state index in [-0.39, 0.29) is 5.41 Å². The highest BCUT2D eigenvalue weighted by molar-refractivity contribution is 6.30. The van der Waals surface area contributed by atoms with Gasteiger partial charge in [-0.3, -0.25) is 0 Å². The van der Waals surface area contributed by atoms with Crippen LogP contribution in [0.25, 0.3) is 11.3 Å². The van der Waals surface area contributed by atoms with Crippen LogP contribution in [0.2, 0.25) is 5.02 Å². The zero-order valence-electron chi connectivity index (χ0n) is 11.2. The van der Waals surface area contributed by atoms with Crippen molar-refractivity contribution in [2.24, 2.45) is 7.05 Å². The third-order valence-electron chi connectivity index (χ3n) is 2.91. The van der Waals surface area contributed by atoms with Crippen LogP contribution >= 0.6 is 11.6 Å². The van der Waals surface area contributed by atoms with Gasteiger partial charge in [-0.1, -0.05) is 44.5 Å². The van der Waals surface area contributed by atoms with Gasteiger partial charge < -0.3 is 10.3 Å². The number of halogens is 1. The Bertz CT molecular complexity index is 579. The van der Waals surface area contributed by atoms with Crippen LogP contribution in [0.5, 0.6) is 0 Å². The number of rotatable bonds is 1. The molecule has 1 aromatic heterocycles. The van der Waals surface area contributed by atoms with Crippen molar-refractivity contribution in [1.82, 2.24) is 9.55 Å². The van der Waals surface area contributed by atoms with Gasteiger partial charge in [0.25, 0.3) is 0 Å². The molecule has 0 saturated carbocycles. The number of nitrogens with zero attached hydrogens (tertiary/aromatic N) is 2. The minimum atomic E-state index is -0.0420. The topological polar surface area (TPSA) is 43.8 Å². The van der Waals surface area contributed by atoms with Gasteiger partial charge in [0, 0.05) is 23.0 Å². The summed E-state index contributed by atoms with van der Waals surface area (Å²) in [4.78, 5) is 4.67. The van der Waals surface area contributed by atoms with Gasteiger partial charge in [-0.2, -0.15) is 0 Å². The van der Waals surface area contributed by atoms with Crippen LogP contribution in [0.4, 0.5) is 5.82 Å². The number of benzene rings is 1. The van der Waals surface area contributed by atoms with E-state index in [1.165, 1.54) is 0 Å². The average Bonchev–Trinajstić information content (AvgIpc) is 2.55. The van der Waals surface area contributed by atoms with Crippen molar-refractivity contribution in [3.8, 4) is 11.3 Å². The molecule has 2 aromatic rings. The summed E-state index contributed by atoms with van der Waals surface area (Å²) in [5.74, 6) is 1.64. The van der Waals surface area contributed by atoms with Gasteiger partial charge in [0.05, 0.1) is 0 Å². The van der Waals surface area contributed by atoms with Crippen molar-refractivity contribution in [2.45, 2.75) is 26.2 Å². The zero-order chi connectivity index (χ0) is 13.5. The van der Waals surface area contributed by atoms with Crippen molar-refractivity contribution in [3.05, 3.63) is 35.1 Å². The molecule has 0 aliphatic heterocycles. The maximum Gasteiger partial charge on any atom is 0.131 e. The van der Waals surface area contributed by atoms with E-state index in [4.69, 9.17) is 17.3 Å². The largest absolute Gasteiger partial charge is 0.383 e. The van der Waals surface area contributed by atoms with Crippen LogP contribution in [-0.2, 0) is 12.5 Å². The smallest absolute Gasteiger partial charge is 0.131 e. The third kappa shape index (κ3) is 2.23. The molecule has 2 N–H and O–H groups in total. The Kier molecular flexibility index (Phi) is 3.11. The summed E-state index contributed by atoms with van der Waals surface area (Å²) >= 11 is 6.01. The molecule has 2 rings (SSSR count). The molecule has 0 aliphatic carbocycles. The Hall–Kier alpha value is -1.48. The first-order chi connectivity index (χ1) is 8.30. The number of aromatic nitrogens is 2. The van der Waals surface area contributed by atoms with Gasteiger partial charge in [-0.25, -0.2) is 4.98 Å². The lowest BCUT2D eigenvalue weighted by Crippen LogP contribution is -2.17. The Morgan fingerprint density at radius 3 is 2.44 bits per heavy atom. The second-order valence-electron chi connectivity index (χ2n) is 5.49. The first-order valence-electron chi connectivity index (χ1n) is 5.89. The van der Waals surface area contributed by atoms with E-state index in [1.807, 2.05) is 35.9 Å². The molecule has 0 aliphatic rings. The van der Waals surface area contributed by atoms with Crippen molar-refractivity contribution in [1.29, 1.82) is 0 Å². The summed E-state index contributed by atoms with van der Waals surface area (Å²) < 4.78 is 1.94. The summed E-state index contributed by atoms with van der Waals surface area (Å²) in [5, 5.41) is 0.690. The van der Waals surface area contributed by atoms with Gasteiger partial charge in [-0.15, -0.1) is 0 Å². The fourth-order valence-corrected chi connectivity index (χ4v) is 2.22. The summed E-state index contributed by atoms with van der Waals surface area (Å²) in [6, 6.07) is 7.60. The number of nitrogens with two attached hydrogens (primary N) is 1. The fraction of sp³-hybridized carbons (Fsp3) is 0.357. The van der Waals surface area contributed by atoms with E-state index in [9.17, 15) is 0 Å². The van der Waals surface area contributed by atoms with Crippen LogP contribution < -0.4 is 5.73 Å². The van der Waals surface area contributed by atoms with Crippen LogP contribution in [0, 0.1) is 0 Å². The van der Waals surface area contributed by atoms with Crippen LogP contribution in [0.1, 0.15) is 26.6 Å². The zero-order valence-corrected chi connectivity index (χ0v) is 11.9. The fourth-order valence-electron chi connectivity index (χ4n) is 2.03. The molecular weight excluding hydrogens is 246 g/mol. The van der Waals surface area contributed by atoms with E-state index in [0.717, 1.165) is 17.1 Å². The summed E-state index contributed by atoms with van der Waals surface area (Å²) in [6.07, 6.45) is 0. The molecule has 96 valence electrons. The lowest BCUT2D eigenvalue weighted by Gasteiger charge is -2.17. The van der Waals surface area contributed by atoms with Crippen molar-refractivity contribution in [3.63, 3.8) is 0 Å². The van der Waals surface area contributed by atoms with E-state index < -0.39 is 0 Å². The van der Waals surface area contributed by atoms with Gasteiger partial charge in [0.2, 0.25) is 0 Å². The van der Waals surface area contributed by atoms with Gasteiger partial charge in [-0.05, 0) is 12.1 Å². The van der Waals surface area contributed by atoms with Gasteiger partial charge >= 0.3 is 0 Å². The maximum atomic E-state index is 6.14. The highest BCUT2D eigenvalue weighted by Crippen LogP contribution is 2.31. The molecular formula is C14H18ClN3. The van der Waals surface area contributed by atoms with Crippen molar-refractivity contribution < 1.29 is 0 Å². The first kappa shape index (κ1) is 13.0. The molecule has 0 unspecified atom stereocenters. The Balaban J connectivity index is 2.60. The SMILES string of the molecule is Cn1c(C(C)(C)C)nc(-c2cccc(Cl)c2)c1N. The Morgan fingerprint density at radius 2 is 1.94 bits per heavy atom. The Labute approximate surface area is 113 Å². The Morgan fingerprint density at radius 1 is 1.28 bits per heavy atom. The molecule has 4 heteroatoms. The normalized spacial score (nSPS) is 11.8. The van der Waals surface area contributed by atoms with E-state index in [1.54, 1.807) is 0 Å².